The number of aryl methyl sites for hydroxylation is 1. The highest BCUT2D eigenvalue weighted by Gasteiger charge is 2.12. The lowest BCUT2D eigenvalue weighted by atomic mass is 10.2. The van der Waals surface area contributed by atoms with Gasteiger partial charge >= 0.3 is 0 Å². The first-order valence-corrected chi connectivity index (χ1v) is 4.65. The molecule has 2 rings (SSSR count). The lowest BCUT2D eigenvalue weighted by Gasteiger charge is -1.90. The number of hydrogen-bond acceptors (Lipinski definition) is 3. The molecule has 0 aliphatic carbocycles. The van der Waals surface area contributed by atoms with Crippen molar-refractivity contribution in [1.82, 2.24) is 4.98 Å². The summed E-state index contributed by atoms with van der Waals surface area (Å²) in [6.45, 7) is 1.87. The van der Waals surface area contributed by atoms with Gasteiger partial charge in [-0.15, -0.1) is 11.3 Å². The molecule has 3 nitrogen and oxygen atoms in total. The zero-order chi connectivity index (χ0) is 9.42. The van der Waals surface area contributed by atoms with Crippen molar-refractivity contribution in [3.05, 3.63) is 28.8 Å². The highest BCUT2D eigenvalue weighted by molar-refractivity contribution is 7.21. The smallest absolute Gasteiger partial charge is 0.259 e. The van der Waals surface area contributed by atoms with Crippen LogP contribution >= 0.6 is 11.3 Å². The molecule has 0 bridgehead atoms. The Morgan fingerprint density at radius 3 is 3.00 bits per heavy atom. The van der Waals surface area contributed by atoms with Gasteiger partial charge in [-0.2, -0.15) is 0 Å². The van der Waals surface area contributed by atoms with Gasteiger partial charge in [0, 0.05) is 6.20 Å². The lowest BCUT2D eigenvalue weighted by molar-refractivity contribution is 0.100. The van der Waals surface area contributed by atoms with Crippen LogP contribution in [0.4, 0.5) is 0 Å². The molecular weight excluding hydrogens is 184 g/mol. The number of nitrogens with two attached hydrogens (primary N) is 1. The summed E-state index contributed by atoms with van der Waals surface area (Å²) < 4.78 is 1.01. The fourth-order valence-corrected chi connectivity index (χ4v) is 2.30. The minimum atomic E-state index is -0.375. The number of nitrogens with zero attached hydrogens (tertiary/aromatic N) is 1. The first-order chi connectivity index (χ1) is 6.20. The topological polar surface area (TPSA) is 56.0 Å². The number of rotatable bonds is 1. The SMILES string of the molecule is Cc1c(C(N)=O)sc2cccnc12. The second-order valence-electron chi connectivity index (χ2n) is 2.77. The van der Waals surface area contributed by atoms with Crippen LogP contribution in [0.25, 0.3) is 10.2 Å². The van der Waals surface area contributed by atoms with Crippen molar-refractivity contribution in [1.29, 1.82) is 0 Å². The monoisotopic (exact) mass is 192 g/mol. The number of pyridine rings is 1. The van der Waals surface area contributed by atoms with E-state index in [2.05, 4.69) is 4.98 Å². The van der Waals surface area contributed by atoms with E-state index in [1.54, 1.807) is 6.20 Å². The van der Waals surface area contributed by atoms with Gasteiger partial charge in [-0.25, -0.2) is 0 Å². The van der Waals surface area contributed by atoms with Crippen LogP contribution in [-0.4, -0.2) is 10.9 Å². The van der Waals surface area contributed by atoms with Crippen molar-refractivity contribution in [3.8, 4) is 0 Å². The minimum Gasteiger partial charge on any atom is -0.365 e. The number of carbonyl (C=O) groups excluding carboxylic acids is 1. The first kappa shape index (κ1) is 8.19. The van der Waals surface area contributed by atoms with Gasteiger partial charge in [0.1, 0.15) is 0 Å². The van der Waals surface area contributed by atoms with Crippen molar-refractivity contribution in [3.63, 3.8) is 0 Å². The summed E-state index contributed by atoms with van der Waals surface area (Å²) in [4.78, 5) is 15.8. The minimum absolute atomic E-state index is 0.375. The molecule has 2 N–H and O–H groups in total. The fraction of sp³-hybridized carbons (Fsp3) is 0.111. The molecular formula is C9H8N2OS. The predicted octanol–water partition coefficient (Wildman–Crippen LogP) is 1.70. The van der Waals surface area contributed by atoms with E-state index in [-0.39, 0.29) is 5.91 Å². The molecule has 66 valence electrons. The number of carbonyl (C=O) groups is 1. The van der Waals surface area contributed by atoms with E-state index in [4.69, 9.17) is 5.73 Å². The third-order valence-electron chi connectivity index (χ3n) is 1.90. The molecule has 0 saturated heterocycles. The molecule has 2 aromatic rings. The number of aromatic nitrogens is 1. The van der Waals surface area contributed by atoms with Crippen LogP contribution in [0, 0.1) is 6.92 Å². The summed E-state index contributed by atoms with van der Waals surface area (Å²) in [5.74, 6) is -0.375. The van der Waals surface area contributed by atoms with E-state index < -0.39 is 0 Å². The van der Waals surface area contributed by atoms with E-state index in [1.165, 1.54) is 11.3 Å². The van der Waals surface area contributed by atoms with Crippen LogP contribution in [-0.2, 0) is 0 Å². The molecule has 2 heterocycles. The zero-order valence-electron chi connectivity index (χ0n) is 7.07. The van der Waals surface area contributed by atoms with E-state index in [0.29, 0.717) is 4.88 Å². The number of fused-ring (bicyclic) bond motifs is 1. The molecule has 0 unspecified atom stereocenters. The van der Waals surface area contributed by atoms with Gasteiger partial charge in [0.25, 0.3) is 5.91 Å². The van der Waals surface area contributed by atoms with Gasteiger partial charge in [0.05, 0.1) is 15.1 Å². The maximum absolute atomic E-state index is 11.0. The molecule has 0 aromatic carbocycles. The number of primary amides is 1. The first-order valence-electron chi connectivity index (χ1n) is 3.84. The number of amides is 1. The van der Waals surface area contributed by atoms with Crippen molar-refractivity contribution in [2.75, 3.05) is 0 Å². The average molecular weight is 192 g/mol. The Balaban J connectivity index is 2.81. The molecule has 0 saturated carbocycles. The maximum Gasteiger partial charge on any atom is 0.259 e. The molecule has 13 heavy (non-hydrogen) atoms. The summed E-state index contributed by atoms with van der Waals surface area (Å²) >= 11 is 1.39. The maximum atomic E-state index is 11.0. The molecule has 0 fully saturated rings. The van der Waals surface area contributed by atoms with Gasteiger partial charge in [-0.05, 0) is 24.6 Å². The fourth-order valence-electron chi connectivity index (χ4n) is 1.28. The standard InChI is InChI=1S/C9H8N2OS/c1-5-7-6(3-2-4-11-7)13-8(5)9(10)12/h2-4H,1H3,(H2,10,12). The van der Waals surface area contributed by atoms with Crippen LogP contribution in [0.1, 0.15) is 15.2 Å². The van der Waals surface area contributed by atoms with Crippen LogP contribution in [0.5, 0.6) is 0 Å². The van der Waals surface area contributed by atoms with Crippen LogP contribution in [0.15, 0.2) is 18.3 Å². The summed E-state index contributed by atoms with van der Waals surface area (Å²) in [5.41, 5.74) is 6.98. The number of thiophene rings is 1. The Labute approximate surface area is 79.2 Å². The van der Waals surface area contributed by atoms with Gasteiger partial charge in [-0.1, -0.05) is 0 Å². The Hall–Kier alpha value is -1.42. The van der Waals surface area contributed by atoms with E-state index in [1.807, 2.05) is 19.1 Å². The molecule has 2 aromatic heterocycles. The van der Waals surface area contributed by atoms with Crippen LogP contribution in [0.3, 0.4) is 0 Å². The Bertz CT molecular complexity index is 475. The highest BCUT2D eigenvalue weighted by Crippen LogP contribution is 2.28. The molecule has 0 radical (unpaired) electrons. The third kappa shape index (κ3) is 1.19. The summed E-state index contributed by atoms with van der Waals surface area (Å²) in [7, 11) is 0. The van der Waals surface area contributed by atoms with E-state index in [0.717, 1.165) is 15.8 Å². The van der Waals surface area contributed by atoms with Gasteiger partial charge < -0.3 is 5.73 Å². The molecule has 0 spiro atoms. The molecule has 0 aliphatic rings. The van der Waals surface area contributed by atoms with Gasteiger partial charge in [0.15, 0.2) is 0 Å². The molecule has 4 heteroatoms. The molecule has 1 amide bonds. The predicted molar refractivity (Wildman–Crippen MR) is 52.9 cm³/mol. The Morgan fingerprint density at radius 1 is 1.62 bits per heavy atom. The Morgan fingerprint density at radius 2 is 2.38 bits per heavy atom. The summed E-state index contributed by atoms with van der Waals surface area (Å²) in [6.07, 6.45) is 1.72. The van der Waals surface area contributed by atoms with Crippen LogP contribution in [0.2, 0.25) is 0 Å². The number of hydrogen-bond donors (Lipinski definition) is 1. The summed E-state index contributed by atoms with van der Waals surface area (Å²) in [5, 5.41) is 0. The zero-order valence-corrected chi connectivity index (χ0v) is 7.89. The highest BCUT2D eigenvalue weighted by atomic mass is 32.1. The van der Waals surface area contributed by atoms with Gasteiger partial charge in [0.2, 0.25) is 0 Å². The third-order valence-corrected chi connectivity index (χ3v) is 3.16. The van der Waals surface area contributed by atoms with E-state index in [9.17, 15) is 4.79 Å². The Kier molecular flexibility index (Phi) is 1.77. The average Bonchev–Trinajstić information content (AvgIpc) is 2.45. The lowest BCUT2D eigenvalue weighted by Crippen LogP contribution is -2.09. The van der Waals surface area contributed by atoms with Crippen molar-refractivity contribution in [2.45, 2.75) is 6.92 Å². The van der Waals surface area contributed by atoms with Crippen molar-refractivity contribution >= 4 is 27.5 Å². The second-order valence-corrected chi connectivity index (χ2v) is 3.82. The molecule has 0 aliphatic heterocycles. The summed E-state index contributed by atoms with van der Waals surface area (Å²) in [6, 6.07) is 3.79. The normalized spacial score (nSPS) is 10.5. The second kappa shape index (κ2) is 2.81. The van der Waals surface area contributed by atoms with E-state index >= 15 is 0 Å². The molecule has 0 atom stereocenters. The van der Waals surface area contributed by atoms with Crippen LogP contribution < -0.4 is 5.73 Å². The van der Waals surface area contributed by atoms with Crippen molar-refractivity contribution in [2.24, 2.45) is 5.73 Å². The quantitative estimate of drug-likeness (QED) is 0.747. The van der Waals surface area contributed by atoms with Crippen molar-refractivity contribution < 1.29 is 4.79 Å². The largest absolute Gasteiger partial charge is 0.365 e. The van der Waals surface area contributed by atoms with Gasteiger partial charge in [-0.3, -0.25) is 9.78 Å².